The van der Waals surface area contributed by atoms with E-state index in [-0.39, 0.29) is 36.4 Å². The average molecular weight is 395 g/mol. The Bertz CT molecular complexity index is 956. The molecule has 0 aromatic heterocycles. The van der Waals surface area contributed by atoms with Crippen molar-refractivity contribution in [3.63, 3.8) is 0 Å². The Kier molecular flexibility index (Phi) is 5.29. The van der Waals surface area contributed by atoms with Gasteiger partial charge < -0.3 is 15.1 Å². The summed E-state index contributed by atoms with van der Waals surface area (Å²) in [6.45, 7) is 1.63. The third-order valence-electron chi connectivity index (χ3n) is 5.41. The summed E-state index contributed by atoms with van der Waals surface area (Å²) in [5, 5.41) is 2.79. The first-order valence-corrected chi connectivity index (χ1v) is 9.78. The van der Waals surface area contributed by atoms with Crippen LogP contribution < -0.4 is 10.2 Å². The topological polar surface area (TPSA) is 69.7 Å². The van der Waals surface area contributed by atoms with Crippen molar-refractivity contribution >= 4 is 29.1 Å². The van der Waals surface area contributed by atoms with Crippen molar-refractivity contribution in [2.75, 3.05) is 29.9 Å². The highest BCUT2D eigenvalue weighted by Crippen LogP contribution is 2.28. The molecule has 0 saturated carbocycles. The first-order chi connectivity index (χ1) is 14.0. The van der Waals surface area contributed by atoms with E-state index in [1.165, 1.54) is 17.0 Å². The van der Waals surface area contributed by atoms with Crippen LogP contribution in [-0.2, 0) is 9.59 Å². The van der Waals surface area contributed by atoms with E-state index >= 15 is 0 Å². The second-order valence-corrected chi connectivity index (χ2v) is 7.43. The molecule has 1 atom stereocenters. The predicted octanol–water partition coefficient (Wildman–Crippen LogP) is 3.05. The van der Waals surface area contributed by atoms with E-state index in [9.17, 15) is 18.8 Å². The Hall–Kier alpha value is -3.22. The molecule has 2 aliphatic rings. The highest BCUT2D eigenvalue weighted by atomic mass is 19.1. The SMILES string of the molecule is O=C(Nc1cccc(C(=O)N2CCCC2)c1)[C@H]1CC(=O)N(c2ccccc2F)C1. The summed E-state index contributed by atoms with van der Waals surface area (Å²) in [6, 6.07) is 12.9. The number of likely N-dealkylation sites (tertiary alicyclic amines) is 1. The van der Waals surface area contributed by atoms with Crippen molar-refractivity contribution in [1.82, 2.24) is 4.90 Å². The number of rotatable bonds is 4. The van der Waals surface area contributed by atoms with Crippen molar-refractivity contribution in [1.29, 1.82) is 0 Å². The van der Waals surface area contributed by atoms with E-state index < -0.39 is 11.7 Å². The van der Waals surface area contributed by atoms with Gasteiger partial charge in [0.15, 0.2) is 0 Å². The number of nitrogens with one attached hydrogen (secondary N) is 1. The van der Waals surface area contributed by atoms with Crippen molar-refractivity contribution in [2.24, 2.45) is 5.92 Å². The van der Waals surface area contributed by atoms with Gasteiger partial charge in [-0.15, -0.1) is 0 Å². The van der Waals surface area contributed by atoms with Gasteiger partial charge in [-0.25, -0.2) is 4.39 Å². The number of carbonyl (C=O) groups is 3. The fourth-order valence-electron chi connectivity index (χ4n) is 3.86. The van der Waals surface area contributed by atoms with Gasteiger partial charge in [-0.05, 0) is 43.2 Å². The molecule has 29 heavy (non-hydrogen) atoms. The van der Waals surface area contributed by atoms with Crippen LogP contribution >= 0.6 is 0 Å². The highest BCUT2D eigenvalue weighted by molar-refractivity contribution is 6.04. The Balaban J connectivity index is 1.43. The van der Waals surface area contributed by atoms with Gasteiger partial charge in [-0.3, -0.25) is 14.4 Å². The minimum Gasteiger partial charge on any atom is -0.339 e. The molecular formula is C22H22FN3O3. The van der Waals surface area contributed by atoms with Crippen molar-refractivity contribution in [3.8, 4) is 0 Å². The van der Waals surface area contributed by atoms with Crippen LogP contribution in [-0.4, -0.2) is 42.3 Å². The molecule has 0 unspecified atom stereocenters. The quantitative estimate of drug-likeness (QED) is 0.865. The van der Waals surface area contributed by atoms with E-state index in [4.69, 9.17) is 0 Å². The van der Waals surface area contributed by atoms with E-state index in [2.05, 4.69) is 5.32 Å². The smallest absolute Gasteiger partial charge is 0.253 e. The van der Waals surface area contributed by atoms with Crippen LogP contribution in [0.4, 0.5) is 15.8 Å². The van der Waals surface area contributed by atoms with Crippen LogP contribution in [0.2, 0.25) is 0 Å². The molecule has 2 saturated heterocycles. The maximum atomic E-state index is 14.0. The van der Waals surface area contributed by atoms with Gasteiger partial charge in [0, 0.05) is 37.3 Å². The summed E-state index contributed by atoms with van der Waals surface area (Å²) in [5.74, 6) is -1.72. The molecule has 1 N–H and O–H groups in total. The zero-order chi connectivity index (χ0) is 20.4. The molecule has 6 nitrogen and oxygen atoms in total. The summed E-state index contributed by atoms with van der Waals surface area (Å²) in [6.07, 6.45) is 2.04. The van der Waals surface area contributed by atoms with Crippen LogP contribution in [0.3, 0.4) is 0 Å². The first kappa shape index (κ1) is 19.1. The van der Waals surface area contributed by atoms with E-state index in [1.54, 1.807) is 36.4 Å². The molecule has 2 aromatic rings. The molecular weight excluding hydrogens is 373 g/mol. The number of amides is 3. The molecule has 7 heteroatoms. The number of carbonyl (C=O) groups excluding carboxylic acids is 3. The van der Waals surface area contributed by atoms with Crippen molar-refractivity contribution in [2.45, 2.75) is 19.3 Å². The number of benzene rings is 2. The molecule has 3 amide bonds. The number of hydrogen-bond acceptors (Lipinski definition) is 3. The number of para-hydroxylation sites is 1. The molecule has 2 heterocycles. The average Bonchev–Trinajstić information content (AvgIpc) is 3.38. The van der Waals surface area contributed by atoms with Gasteiger partial charge in [-0.1, -0.05) is 18.2 Å². The van der Waals surface area contributed by atoms with Gasteiger partial charge in [0.2, 0.25) is 11.8 Å². The summed E-state index contributed by atoms with van der Waals surface area (Å²) in [7, 11) is 0. The largest absolute Gasteiger partial charge is 0.339 e. The molecule has 2 fully saturated rings. The van der Waals surface area contributed by atoms with E-state index in [0.29, 0.717) is 11.3 Å². The summed E-state index contributed by atoms with van der Waals surface area (Å²) >= 11 is 0. The molecule has 4 rings (SSSR count). The summed E-state index contributed by atoms with van der Waals surface area (Å²) in [4.78, 5) is 40.7. The third-order valence-corrected chi connectivity index (χ3v) is 5.41. The maximum absolute atomic E-state index is 14.0. The lowest BCUT2D eigenvalue weighted by atomic mass is 10.1. The minimum atomic E-state index is -0.583. The second kappa shape index (κ2) is 8.03. The van der Waals surface area contributed by atoms with E-state index in [1.807, 2.05) is 4.90 Å². The number of halogens is 1. The van der Waals surface area contributed by atoms with Crippen molar-refractivity contribution in [3.05, 3.63) is 59.9 Å². The summed E-state index contributed by atoms with van der Waals surface area (Å²) < 4.78 is 14.0. The van der Waals surface area contributed by atoms with Gasteiger partial charge in [0.05, 0.1) is 11.6 Å². The van der Waals surface area contributed by atoms with Gasteiger partial charge in [-0.2, -0.15) is 0 Å². The number of anilines is 2. The van der Waals surface area contributed by atoms with Crippen LogP contribution in [0.25, 0.3) is 0 Å². The second-order valence-electron chi connectivity index (χ2n) is 7.43. The van der Waals surface area contributed by atoms with Gasteiger partial charge in [0.1, 0.15) is 5.82 Å². The zero-order valence-electron chi connectivity index (χ0n) is 15.9. The summed E-state index contributed by atoms with van der Waals surface area (Å²) in [5.41, 5.74) is 1.23. The molecule has 150 valence electrons. The number of hydrogen-bond donors (Lipinski definition) is 1. The molecule has 0 aliphatic carbocycles. The van der Waals surface area contributed by atoms with Gasteiger partial charge >= 0.3 is 0 Å². The minimum absolute atomic E-state index is 0.0204. The first-order valence-electron chi connectivity index (χ1n) is 9.78. The molecule has 0 bridgehead atoms. The van der Waals surface area contributed by atoms with Crippen LogP contribution in [0.5, 0.6) is 0 Å². The lowest BCUT2D eigenvalue weighted by Crippen LogP contribution is -2.29. The maximum Gasteiger partial charge on any atom is 0.253 e. The number of nitrogens with zero attached hydrogens (tertiary/aromatic N) is 2. The Morgan fingerprint density at radius 3 is 2.55 bits per heavy atom. The zero-order valence-corrected chi connectivity index (χ0v) is 15.9. The Morgan fingerprint density at radius 2 is 1.79 bits per heavy atom. The molecule has 2 aromatic carbocycles. The normalized spacial score (nSPS) is 18.9. The monoisotopic (exact) mass is 395 g/mol. The third kappa shape index (κ3) is 3.99. The van der Waals surface area contributed by atoms with Crippen LogP contribution in [0.15, 0.2) is 48.5 Å². The standard InChI is InChI=1S/C22H22FN3O3/c23-18-8-1-2-9-19(18)26-14-16(13-20(26)27)21(28)24-17-7-5-6-15(12-17)22(29)25-10-3-4-11-25/h1-2,5-9,12,16H,3-4,10-11,13-14H2,(H,24,28)/t16-/m0/s1. The molecule has 0 radical (unpaired) electrons. The fourth-order valence-corrected chi connectivity index (χ4v) is 3.86. The lowest BCUT2D eigenvalue weighted by Gasteiger charge is -2.18. The molecule has 2 aliphatic heterocycles. The van der Waals surface area contributed by atoms with Gasteiger partial charge in [0.25, 0.3) is 5.91 Å². The van der Waals surface area contributed by atoms with Crippen molar-refractivity contribution < 1.29 is 18.8 Å². The molecule has 0 spiro atoms. The fraction of sp³-hybridized carbons (Fsp3) is 0.318. The lowest BCUT2D eigenvalue weighted by molar-refractivity contribution is -0.122. The van der Waals surface area contributed by atoms with Crippen LogP contribution in [0, 0.1) is 11.7 Å². The Morgan fingerprint density at radius 1 is 1.03 bits per heavy atom. The highest BCUT2D eigenvalue weighted by Gasteiger charge is 2.36. The van der Waals surface area contributed by atoms with E-state index in [0.717, 1.165) is 25.9 Å². The predicted molar refractivity (Wildman–Crippen MR) is 107 cm³/mol. The van der Waals surface area contributed by atoms with Crippen LogP contribution in [0.1, 0.15) is 29.6 Å². The Labute approximate surface area is 168 Å².